The minimum Gasteiger partial charge on any atom is -0.365 e. The molecule has 2 saturated carbocycles. The van der Waals surface area contributed by atoms with Crippen LogP contribution in [0.4, 0.5) is 16.2 Å². The summed E-state index contributed by atoms with van der Waals surface area (Å²) in [6, 6.07) is 6.39. The van der Waals surface area contributed by atoms with Gasteiger partial charge in [0.1, 0.15) is 20.5 Å². The molecule has 1 aliphatic heterocycles. The predicted molar refractivity (Wildman–Crippen MR) is 114 cm³/mol. The summed E-state index contributed by atoms with van der Waals surface area (Å²) in [5, 5.41) is 5.97. The van der Waals surface area contributed by atoms with Crippen molar-refractivity contribution in [2.45, 2.75) is 53.8 Å². The zero-order valence-corrected chi connectivity index (χ0v) is 18.5. The Bertz CT molecular complexity index is 1260. The van der Waals surface area contributed by atoms with Crippen LogP contribution in [0.1, 0.15) is 36.4 Å². The van der Waals surface area contributed by atoms with E-state index >= 15 is 0 Å². The van der Waals surface area contributed by atoms with Gasteiger partial charge in [0.2, 0.25) is 5.95 Å². The molecule has 0 radical (unpaired) electrons. The maximum Gasteiger partial charge on any atom is 0.225 e. The lowest BCUT2D eigenvalue weighted by molar-refractivity contribution is 0.432. The molecule has 1 aromatic heterocycles. The number of halogens is 1. The van der Waals surface area contributed by atoms with Crippen LogP contribution in [0.3, 0.4) is 0 Å². The van der Waals surface area contributed by atoms with Gasteiger partial charge in [0.15, 0.2) is 15.7 Å². The first kappa shape index (κ1) is 20.6. The standard InChI is InChI=1S/C20H23FN4O4S2/c1-30(26,27)12-8-11(9-12)22-20-24-16-6-7-31(28,29)18(16)19(25-20)23-17-10-14(17)13-4-2-3-5-15(13)21/h2-5,11-12,14,17H,6-10H2,1H3,(H2,22,23,24,25)/t11?,12?,14-,17+/m0/s1. The highest BCUT2D eigenvalue weighted by Gasteiger charge is 2.43. The van der Waals surface area contributed by atoms with Crippen molar-refractivity contribution in [3.8, 4) is 0 Å². The Morgan fingerprint density at radius 1 is 1.10 bits per heavy atom. The van der Waals surface area contributed by atoms with Crippen LogP contribution < -0.4 is 10.6 Å². The van der Waals surface area contributed by atoms with Gasteiger partial charge in [0.25, 0.3) is 0 Å². The number of rotatable bonds is 6. The van der Waals surface area contributed by atoms with Crippen molar-refractivity contribution in [2.24, 2.45) is 0 Å². The number of fused-ring (bicyclic) bond motifs is 1. The maximum absolute atomic E-state index is 14.1. The molecule has 8 nitrogen and oxygen atoms in total. The number of aromatic nitrogens is 2. The Labute approximate surface area is 180 Å². The molecule has 0 bridgehead atoms. The minimum atomic E-state index is -3.48. The summed E-state index contributed by atoms with van der Waals surface area (Å²) in [5.74, 6) is 0.196. The highest BCUT2D eigenvalue weighted by Crippen LogP contribution is 2.45. The van der Waals surface area contributed by atoms with Crippen molar-refractivity contribution >= 4 is 31.4 Å². The fourth-order valence-electron chi connectivity index (χ4n) is 4.35. The summed E-state index contributed by atoms with van der Waals surface area (Å²) >= 11 is 0. The predicted octanol–water partition coefficient (Wildman–Crippen LogP) is 1.90. The van der Waals surface area contributed by atoms with E-state index in [0.29, 0.717) is 42.9 Å². The van der Waals surface area contributed by atoms with Gasteiger partial charge in [0.05, 0.1) is 16.7 Å². The molecule has 0 amide bonds. The largest absolute Gasteiger partial charge is 0.365 e. The fourth-order valence-corrected chi connectivity index (χ4v) is 7.09. The average Bonchev–Trinajstić information content (AvgIpc) is 3.33. The summed E-state index contributed by atoms with van der Waals surface area (Å²) in [6.07, 6.45) is 3.16. The SMILES string of the molecule is CS(=O)(=O)C1CC(Nc2nc3c(c(N[C@@H]4C[C@H]4c4ccccc4F)n2)S(=O)(=O)CC3)C1. The molecule has 0 unspecified atom stereocenters. The van der Waals surface area contributed by atoms with E-state index in [1.807, 2.05) is 0 Å². The van der Waals surface area contributed by atoms with Gasteiger partial charge in [-0.1, -0.05) is 18.2 Å². The van der Waals surface area contributed by atoms with Gasteiger partial charge in [-0.15, -0.1) is 0 Å². The third kappa shape index (κ3) is 3.89. The number of aryl methyl sites for hydroxylation is 1. The molecular formula is C20H23FN4O4S2. The third-order valence-corrected chi connectivity index (χ3v) is 9.69. The topological polar surface area (TPSA) is 118 Å². The molecule has 0 saturated heterocycles. The van der Waals surface area contributed by atoms with E-state index in [1.165, 1.54) is 12.3 Å². The smallest absolute Gasteiger partial charge is 0.225 e. The van der Waals surface area contributed by atoms with Crippen molar-refractivity contribution in [2.75, 3.05) is 22.6 Å². The van der Waals surface area contributed by atoms with Gasteiger partial charge in [-0.05, 0) is 30.9 Å². The van der Waals surface area contributed by atoms with Crippen LogP contribution in [0.25, 0.3) is 0 Å². The Balaban J connectivity index is 1.37. The van der Waals surface area contributed by atoms with Gasteiger partial charge < -0.3 is 10.6 Å². The lowest BCUT2D eigenvalue weighted by atomic mass is 9.92. The first-order chi connectivity index (χ1) is 14.6. The lowest BCUT2D eigenvalue weighted by Gasteiger charge is -2.34. The zero-order valence-electron chi connectivity index (χ0n) is 16.9. The number of anilines is 2. The van der Waals surface area contributed by atoms with Gasteiger partial charge in [-0.3, -0.25) is 0 Å². The summed E-state index contributed by atoms with van der Waals surface area (Å²) in [6.45, 7) is 0. The van der Waals surface area contributed by atoms with E-state index < -0.39 is 19.7 Å². The summed E-state index contributed by atoms with van der Waals surface area (Å²) in [4.78, 5) is 8.94. The molecule has 2 N–H and O–H groups in total. The van der Waals surface area contributed by atoms with Crippen molar-refractivity contribution < 1.29 is 21.2 Å². The molecule has 3 aliphatic rings. The molecule has 0 spiro atoms. The number of nitrogens with zero attached hydrogens (tertiary/aromatic N) is 2. The summed E-state index contributed by atoms with van der Waals surface area (Å²) < 4.78 is 62.5. The average molecular weight is 467 g/mol. The highest BCUT2D eigenvalue weighted by molar-refractivity contribution is 7.92. The van der Waals surface area contributed by atoms with Gasteiger partial charge in [-0.2, -0.15) is 4.98 Å². The third-order valence-electron chi connectivity index (χ3n) is 6.31. The van der Waals surface area contributed by atoms with Gasteiger partial charge in [-0.25, -0.2) is 26.2 Å². The van der Waals surface area contributed by atoms with E-state index in [9.17, 15) is 21.2 Å². The van der Waals surface area contributed by atoms with E-state index in [4.69, 9.17) is 0 Å². The first-order valence-electron chi connectivity index (χ1n) is 10.2. The normalized spacial score (nSPS) is 28.5. The molecule has 1 aromatic carbocycles. The van der Waals surface area contributed by atoms with Gasteiger partial charge in [0, 0.05) is 30.7 Å². The molecule has 2 fully saturated rings. The van der Waals surface area contributed by atoms with E-state index in [2.05, 4.69) is 20.6 Å². The Morgan fingerprint density at radius 2 is 1.84 bits per heavy atom. The van der Waals surface area contributed by atoms with Crippen LogP contribution in [0.2, 0.25) is 0 Å². The number of hydrogen-bond donors (Lipinski definition) is 2. The minimum absolute atomic E-state index is 0.0177. The monoisotopic (exact) mass is 466 g/mol. The fraction of sp³-hybridized carbons (Fsp3) is 0.500. The maximum atomic E-state index is 14.1. The number of benzene rings is 1. The van der Waals surface area contributed by atoms with Crippen molar-refractivity contribution in [3.05, 3.63) is 41.3 Å². The zero-order chi connectivity index (χ0) is 22.0. The van der Waals surface area contributed by atoms with Crippen LogP contribution in [-0.2, 0) is 26.1 Å². The Kier molecular flexibility index (Phi) is 4.74. The van der Waals surface area contributed by atoms with E-state index in [1.54, 1.807) is 18.2 Å². The van der Waals surface area contributed by atoms with Crippen LogP contribution in [0.5, 0.6) is 0 Å². The van der Waals surface area contributed by atoms with Crippen molar-refractivity contribution in [1.82, 2.24) is 9.97 Å². The Hall–Kier alpha value is -2.27. The molecule has 5 rings (SSSR count). The summed E-state index contributed by atoms with van der Waals surface area (Å²) in [5.41, 5.74) is 1.07. The lowest BCUT2D eigenvalue weighted by Crippen LogP contribution is -2.43. The number of nitrogens with one attached hydrogen (secondary N) is 2. The first-order valence-corrected chi connectivity index (χ1v) is 13.8. The number of sulfone groups is 2. The molecule has 2 atom stereocenters. The quantitative estimate of drug-likeness (QED) is 0.663. The second kappa shape index (κ2) is 7.13. The van der Waals surface area contributed by atoms with Crippen LogP contribution >= 0.6 is 0 Å². The highest BCUT2D eigenvalue weighted by atomic mass is 32.2. The molecule has 2 heterocycles. The Morgan fingerprint density at radius 3 is 2.55 bits per heavy atom. The molecule has 2 aliphatic carbocycles. The van der Waals surface area contributed by atoms with Crippen molar-refractivity contribution in [3.63, 3.8) is 0 Å². The molecule has 2 aromatic rings. The second-order valence-electron chi connectivity index (χ2n) is 8.62. The molecular weight excluding hydrogens is 443 g/mol. The molecule has 166 valence electrons. The van der Waals surface area contributed by atoms with Crippen LogP contribution in [-0.4, -0.2) is 56.1 Å². The van der Waals surface area contributed by atoms with Gasteiger partial charge >= 0.3 is 0 Å². The van der Waals surface area contributed by atoms with E-state index in [-0.39, 0.29) is 45.5 Å². The molecule has 31 heavy (non-hydrogen) atoms. The van der Waals surface area contributed by atoms with E-state index in [0.717, 1.165) is 0 Å². The van der Waals surface area contributed by atoms with Crippen LogP contribution in [0.15, 0.2) is 29.2 Å². The second-order valence-corrected chi connectivity index (χ2v) is 13.0. The molecule has 11 heteroatoms. The van der Waals surface area contributed by atoms with Crippen molar-refractivity contribution in [1.29, 1.82) is 0 Å². The summed E-state index contributed by atoms with van der Waals surface area (Å²) in [7, 11) is -6.55. The van der Waals surface area contributed by atoms with Crippen LogP contribution in [0, 0.1) is 5.82 Å². The number of hydrogen-bond acceptors (Lipinski definition) is 8.